The van der Waals surface area contributed by atoms with Gasteiger partial charge in [0.05, 0.1) is 18.3 Å². The number of amides is 1. The predicted molar refractivity (Wildman–Crippen MR) is 113 cm³/mol. The van der Waals surface area contributed by atoms with Crippen LogP contribution in [0.3, 0.4) is 0 Å². The summed E-state index contributed by atoms with van der Waals surface area (Å²) >= 11 is 2.30. The van der Waals surface area contributed by atoms with Gasteiger partial charge in [0.1, 0.15) is 27.4 Å². The zero-order valence-electron chi connectivity index (χ0n) is 16.9. The van der Waals surface area contributed by atoms with Gasteiger partial charge in [-0.25, -0.2) is 9.78 Å². The molecule has 0 saturated heterocycles. The van der Waals surface area contributed by atoms with Crippen LogP contribution in [0.5, 0.6) is 0 Å². The molecular formula is C18H21N5O5S2. The maximum absolute atomic E-state index is 13.1. The first-order valence-electron chi connectivity index (χ1n) is 9.20. The minimum atomic E-state index is -0.797. The Morgan fingerprint density at radius 1 is 1.27 bits per heavy atom. The van der Waals surface area contributed by atoms with Crippen LogP contribution in [-0.4, -0.2) is 45.3 Å². The Balaban J connectivity index is 1.93. The molecule has 0 fully saturated rings. The molecule has 3 aromatic rings. The van der Waals surface area contributed by atoms with Crippen LogP contribution < -0.4 is 10.9 Å². The van der Waals surface area contributed by atoms with E-state index < -0.39 is 17.9 Å². The largest absolute Gasteiger partial charge is 0.462 e. The van der Waals surface area contributed by atoms with Crippen LogP contribution in [0.2, 0.25) is 0 Å². The topological polar surface area (TPSA) is 125 Å². The predicted octanol–water partition coefficient (Wildman–Crippen LogP) is 2.53. The fraction of sp³-hybridized carbons (Fsp3) is 0.444. The van der Waals surface area contributed by atoms with Crippen molar-refractivity contribution < 1.29 is 19.1 Å². The summed E-state index contributed by atoms with van der Waals surface area (Å²) in [6, 6.07) is -0.797. The van der Waals surface area contributed by atoms with Gasteiger partial charge in [0, 0.05) is 7.11 Å². The molecule has 0 radical (unpaired) electrons. The second-order valence-corrected chi connectivity index (χ2v) is 8.32. The van der Waals surface area contributed by atoms with E-state index >= 15 is 0 Å². The number of esters is 1. The third-order valence-corrected chi connectivity index (χ3v) is 6.32. The van der Waals surface area contributed by atoms with E-state index in [4.69, 9.17) is 9.47 Å². The fourth-order valence-corrected chi connectivity index (χ4v) is 4.68. The van der Waals surface area contributed by atoms with Gasteiger partial charge in [0.15, 0.2) is 0 Å². The summed E-state index contributed by atoms with van der Waals surface area (Å²) in [5.74, 6) is -0.892. The highest BCUT2D eigenvalue weighted by Crippen LogP contribution is 2.28. The number of aromatic nitrogens is 4. The summed E-state index contributed by atoms with van der Waals surface area (Å²) in [6.45, 7) is 5.72. The Kier molecular flexibility index (Phi) is 6.90. The van der Waals surface area contributed by atoms with E-state index in [0.29, 0.717) is 43.8 Å². The monoisotopic (exact) mass is 451 g/mol. The fourth-order valence-electron chi connectivity index (χ4n) is 2.93. The lowest BCUT2D eigenvalue weighted by molar-refractivity contribution is -0.119. The molecule has 160 valence electrons. The highest BCUT2D eigenvalue weighted by atomic mass is 32.1. The first-order chi connectivity index (χ1) is 14.4. The standard InChI is InChI=1S/C18H21N5O5S2/c1-5-10(14(24)20-18-22-21-11(29-18)7-27-4)23-8-19-15-12(16(23)25)9(3)13(30-15)17(26)28-6-2/h8,10H,5-7H2,1-4H3,(H,20,22,24). The quantitative estimate of drug-likeness (QED) is 0.518. The van der Waals surface area contributed by atoms with Crippen LogP contribution >= 0.6 is 22.7 Å². The van der Waals surface area contributed by atoms with Gasteiger partial charge in [0.2, 0.25) is 11.0 Å². The zero-order valence-corrected chi connectivity index (χ0v) is 18.6. The molecule has 0 aliphatic carbocycles. The van der Waals surface area contributed by atoms with E-state index in [0.717, 1.165) is 11.3 Å². The van der Waals surface area contributed by atoms with E-state index in [-0.39, 0.29) is 12.2 Å². The second-order valence-electron chi connectivity index (χ2n) is 6.26. The molecule has 0 spiro atoms. The molecule has 30 heavy (non-hydrogen) atoms. The van der Waals surface area contributed by atoms with E-state index in [1.807, 2.05) is 0 Å². The Bertz CT molecular complexity index is 1140. The van der Waals surface area contributed by atoms with Crippen LogP contribution in [0.1, 0.15) is 46.6 Å². The van der Waals surface area contributed by atoms with Gasteiger partial charge in [-0.1, -0.05) is 18.3 Å². The SMILES string of the molecule is CCOC(=O)c1sc2ncn(C(CC)C(=O)Nc3nnc(COC)s3)c(=O)c2c1C. The van der Waals surface area contributed by atoms with E-state index in [9.17, 15) is 14.4 Å². The third-order valence-electron chi connectivity index (χ3n) is 4.33. The van der Waals surface area contributed by atoms with Crippen LogP contribution in [0.4, 0.5) is 5.13 Å². The summed E-state index contributed by atoms with van der Waals surface area (Å²) in [7, 11) is 1.54. The third kappa shape index (κ3) is 4.25. The van der Waals surface area contributed by atoms with Crippen molar-refractivity contribution in [2.24, 2.45) is 0 Å². The van der Waals surface area contributed by atoms with Crippen molar-refractivity contribution in [2.45, 2.75) is 39.8 Å². The molecule has 0 aliphatic rings. The number of fused-ring (bicyclic) bond motifs is 1. The number of anilines is 1. The number of carbonyl (C=O) groups is 2. The number of nitrogens with zero attached hydrogens (tertiary/aromatic N) is 4. The molecule has 1 atom stereocenters. The lowest BCUT2D eigenvalue weighted by Crippen LogP contribution is -2.33. The van der Waals surface area contributed by atoms with Gasteiger partial charge < -0.3 is 9.47 Å². The molecule has 0 bridgehead atoms. The average Bonchev–Trinajstić information content (AvgIpc) is 3.29. The van der Waals surface area contributed by atoms with Crippen molar-refractivity contribution in [3.8, 4) is 0 Å². The highest BCUT2D eigenvalue weighted by molar-refractivity contribution is 7.20. The Hall–Kier alpha value is -2.70. The Labute approximate surface area is 179 Å². The van der Waals surface area contributed by atoms with E-state index in [1.54, 1.807) is 27.9 Å². The lowest BCUT2D eigenvalue weighted by Gasteiger charge is -2.16. The molecule has 10 nitrogen and oxygen atoms in total. The number of rotatable bonds is 8. The minimum Gasteiger partial charge on any atom is -0.462 e. The molecule has 1 N–H and O–H groups in total. The molecular weight excluding hydrogens is 430 g/mol. The number of hydrogen-bond donors (Lipinski definition) is 1. The Morgan fingerprint density at radius 3 is 2.70 bits per heavy atom. The molecule has 0 aliphatic heterocycles. The zero-order chi connectivity index (χ0) is 21.8. The molecule has 3 heterocycles. The van der Waals surface area contributed by atoms with Crippen molar-refractivity contribution in [3.63, 3.8) is 0 Å². The van der Waals surface area contributed by atoms with Crippen molar-refractivity contribution in [1.29, 1.82) is 0 Å². The number of thiophene rings is 1. The van der Waals surface area contributed by atoms with Crippen LogP contribution in [0.15, 0.2) is 11.1 Å². The summed E-state index contributed by atoms with van der Waals surface area (Å²) in [5.41, 5.74) is 0.118. The lowest BCUT2D eigenvalue weighted by atomic mass is 10.2. The number of nitrogens with one attached hydrogen (secondary N) is 1. The summed E-state index contributed by atoms with van der Waals surface area (Å²) < 4.78 is 11.3. The minimum absolute atomic E-state index is 0.236. The molecule has 0 aromatic carbocycles. The second kappa shape index (κ2) is 9.41. The van der Waals surface area contributed by atoms with Crippen LogP contribution in [0, 0.1) is 6.92 Å². The van der Waals surface area contributed by atoms with Crippen LogP contribution in [0.25, 0.3) is 10.2 Å². The van der Waals surface area contributed by atoms with Crippen LogP contribution in [-0.2, 0) is 20.9 Å². The van der Waals surface area contributed by atoms with Gasteiger partial charge in [0.25, 0.3) is 5.56 Å². The average molecular weight is 452 g/mol. The molecule has 3 rings (SSSR count). The van der Waals surface area contributed by atoms with Crippen molar-refractivity contribution in [1.82, 2.24) is 19.7 Å². The van der Waals surface area contributed by atoms with Gasteiger partial charge in [-0.05, 0) is 25.8 Å². The first-order valence-corrected chi connectivity index (χ1v) is 10.8. The summed E-state index contributed by atoms with van der Waals surface area (Å²) in [6.07, 6.45) is 1.69. The highest BCUT2D eigenvalue weighted by Gasteiger charge is 2.25. The number of hydrogen-bond acceptors (Lipinski definition) is 10. The smallest absolute Gasteiger partial charge is 0.348 e. The maximum atomic E-state index is 13.1. The number of aryl methyl sites for hydroxylation is 1. The van der Waals surface area contributed by atoms with Crippen molar-refractivity contribution in [3.05, 3.63) is 32.1 Å². The van der Waals surface area contributed by atoms with E-state index in [2.05, 4.69) is 20.5 Å². The van der Waals surface area contributed by atoms with Crippen molar-refractivity contribution in [2.75, 3.05) is 19.0 Å². The van der Waals surface area contributed by atoms with Crippen molar-refractivity contribution >= 4 is 49.9 Å². The number of carbonyl (C=O) groups excluding carboxylic acids is 2. The molecule has 3 aromatic heterocycles. The summed E-state index contributed by atoms with van der Waals surface area (Å²) in [5, 5.41) is 11.8. The molecule has 12 heteroatoms. The molecule has 0 saturated carbocycles. The molecule has 1 unspecified atom stereocenters. The van der Waals surface area contributed by atoms with Gasteiger partial charge in [-0.15, -0.1) is 21.5 Å². The van der Waals surface area contributed by atoms with Gasteiger partial charge in [-0.3, -0.25) is 19.5 Å². The normalized spacial score (nSPS) is 12.1. The number of ether oxygens (including phenoxy) is 2. The molecule has 1 amide bonds. The van der Waals surface area contributed by atoms with E-state index in [1.165, 1.54) is 22.2 Å². The van der Waals surface area contributed by atoms with Gasteiger partial charge >= 0.3 is 5.97 Å². The first kappa shape index (κ1) is 22.0. The Morgan fingerprint density at radius 2 is 2.03 bits per heavy atom. The maximum Gasteiger partial charge on any atom is 0.348 e. The number of methoxy groups -OCH3 is 1. The van der Waals surface area contributed by atoms with Gasteiger partial charge in [-0.2, -0.15) is 0 Å². The summed E-state index contributed by atoms with van der Waals surface area (Å²) in [4.78, 5) is 43.2.